The number of fused-ring (bicyclic) bond motifs is 1. The summed E-state index contributed by atoms with van der Waals surface area (Å²) in [6, 6.07) is 7.77. The molecule has 0 radical (unpaired) electrons. The first-order chi connectivity index (χ1) is 11.8. The summed E-state index contributed by atoms with van der Waals surface area (Å²) in [5.41, 5.74) is 0.403. The Kier molecular flexibility index (Phi) is 4.55. The average Bonchev–Trinajstić information content (AvgIpc) is 3.01. The topological polar surface area (TPSA) is 118 Å². The highest BCUT2D eigenvalue weighted by molar-refractivity contribution is 7.92. The molecular weight excluding hydrogens is 366 g/mol. The van der Waals surface area contributed by atoms with Crippen molar-refractivity contribution in [2.75, 3.05) is 11.0 Å². The number of thiophene rings is 1. The zero-order valence-electron chi connectivity index (χ0n) is 13.0. The molecule has 3 aromatic rings. The number of nitrogens with one attached hydrogen (secondary N) is 2. The fourth-order valence-electron chi connectivity index (χ4n) is 2.15. The Morgan fingerprint density at radius 2 is 2.08 bits per heavy atom. The molecule has 0 saturated carbocycles. The van der Waals surface area contributed by atoms with E-state index in [4.69, 9.17) is 4.74 Å². The van der Waals surface area contributed by atoms with E-state index in [0.29, 0.717) is 10.2 Å². The number of para-hydroxylation sites is 1. The van der Waals surface area contributed by atoms with Gasteiger partial charge in [0.2, 0.25) is 10.0 Å². The highest BCUT2D eigenvalue weighted by atomic mass is 32.2. The summed E-state index contributed by atoms with van der Waals surface area (Å²) in [4.78, 5) is 30.9. The van der Waals surface area contributed by atoms with Crippen LogP contribution in [0.1, 0.15) is 16.2 Å². The first-order valence-corrected chi connectivity index (χ1v) is 9.81. The molecule has 2 aromatic heterocycles. The number of nitrogens with zero attached hydrogens (tertiary/aromatic N) is 1. The van der Waals surface area contributed by atoms with Crippen molar-refractivity contribution in [2.24, 2.45) is 0 Å². The Balaban J connectivity index is 1.79. The van der Waals surface area contributed by atoms with Gasteiger partial charge in [0.25, 0.3) is 5.56 Å². The van der Waals surface area contributed by atoms with E-state index in [1.54, 1.807) is 23.6 Å². The fourth-order valence-corrected chi connectivity index (χ4v) is 3.45. The highest BCUT2D eigenvalue weighted by Crippen LogP contribution is 2.18. The zero-order valence-corrected chi connectivity index (χ0v) is 14.6. The van der Waals surface area contributed by atoms with Crippen LogP contribution in [0.25, 0.3) is 10.2 Å². The third-order valence-corrected chi connectivity index (χ3v) is 4.64. The van der Waals surface area contributed by atoms with Crippen LogP contribution in [-0.2, 0) is 21.4 Å². The van der Waals surface area contributed by atoms with Crippen LogP contribution in [0.15, 0.2) is 40.5 Å². The van der Waals surface area contributed by atoms with Crippen LogP contribution in [0, 0.1) is 0 Å². The summed E-state index contributed by atoms with van der Waals surface area (Å²) in [6.45, 7) is -0.243. The number of rotatable bonds is 5. The second-order valence-electron chi connectivity index (χ2n) is 5.14. The van der Waals surface area contributed by atoms with Crippen LogP contribution in [0.4, 0.5) is 5.69 Å². The highest BCUT2D eigenvalue weighted by Gasteiger charge is 2.16. The maximum atomic E-state index is 12.2. The van der Waals surface area contributed by atoms with Crippen molar-refractivity contribution in [3.05, 3.63) is 57.5 Å². The minimum atomic E-state index is -3.54. The van der Waals surface area contributed by atoms with E-state index in [-0.39, 0.29) is 29.2 Å². The van der Waals surface area contributed by atoms with Gasteiger partial charge >= 0.3 is 5.97 Å². The lowest BCUT2D eigenvalue weighted by molar-refractivity contribution is 0.0463. The molecule has 0 fully saturated rings. The Morgan fingerprint density at radius 3 is 2.84 bits per heavy atom. The molecule has 0 aliphatic carbocycles. The van der Waals surface area contributed by atoms with Crippen LogP contribution in [0.5, 0.6) is 0 Å². The summed E-state index contributed by atoms with van der Waals surface area (Å²) in [6.07, 6.45) is 0.986. The first-order valence-electron chi connectivity index (χ1n) is 7.04. The quantitative estimate of drug-likeness (QED) is 0.652. The number of anilines is 1. The lowest BCUT2D eigenvalue weighted by Gasteiger charge is -2.10. The van der Waals surface area contributed by atoms with Crippen molar-refractivity contribution in [1.29, 1.82) is 0 Å². The van der Waals surface area contributed by atoms with Crippen LogP contribution < -0.4 is 10.3 Å². The molecule has 8 nitrogen and oxygen atoms in total. The number of carbonyl (C=O) groups excluding carboxylic acids is 1. The molecule has 0 saturated heterocycles. The van der Waals surface area contributed by atoms with E-state index < -0.39 is 16.0 Å². The Hall–Kier alpha value is -2.72. The minimum absolute atomic E-state index is 0.0619. The number of carbonyl (C=O) groups is 1. The molecule has 1 aromatic carbocycles. The monoisotopic (exact) mass is 379 g/mol. The third-order valence-electron chi connectivity index (χ3n) is 3.15. The van der Waals surface area contributed by atoms with Crippen molar-refractivity contribution < 1.29 is 17.9 Å². The largest absolute Gasteiger partial charge is 0.454 e. The van der Waals surface area contributed by atoms with Gasteiger partial charge < -0.3 is 9.72 Å². The standard InChI is InChI=1S/C15H13N3O5S2/c1-25(21,22)18-10-5-3-2-4-9(10)15(20)23-8-12-16-11-6-7-24-13(11)14(19)17-12/h2-7,18H,8H2,1H3,(H,16,17,19). The number of H-pyrrole nitrogens is 1. The molecule has 0 amide bonds. The van der Waals surface area contributed by atoms with Crippen LogP contribution >= 0.6 is 11.3 Å². The average molecular weight is 379 g/mol. The van der Waals surface area contributed by atoms with Gasteiger partial charge in [-0.3, -0.25) is 9.52 Å². The van der Waals surface area contributed by atoms with Crippen LogP contribution in [-0.4, -0.2) is 30.6 Å². The molecule has 0 unspecified atom stereocenters. The summed E-state index contributed by atoms with van der Waals surface area (Å²) < 4.78 is 30.7. The van der Waals surface area contributed by atoms with E-state index in [0.717, 1.165) is 6.26 Å². The van der Waals surface area contributed by atoms with E-state index in [2.05, 4.69) is 14.7 Å². The van der Waals surface area contributed by atoms with Gasteiger partial charge in [-0.05, 0) is 23.6 Å². The molecule has 2 heterocycles. The molecule has 0 aliphatic heterocycles. The van der Waals surface area contributed by atoms with E-state index in [1.165, 1.54) is 23.5 Å². The summed E-state index contributed by atoms with van der Waals surface area (Å²) in [5, 5.41) is 1.75. The molecule has 0 spiro atoms. The Morgan fingerprint density at radius 1 is 1.32 bits per heavy atom. The Labute approximate surface area is 146 Å². The number of ether oxygens (including phenoxy) is 1. The number of aromatic nitrogens is 2. The van der Waals surface area contributed by atoms with Gasteiger partial charge in [0, 0.05) is 0 Å². The number of sulfonamides is 1. The van der Waals surface area contributed by atoms with Gasteiger partial charge in [-0.15, -0.1) is 11.3 Å². The maximum absolute atomic E-state index is 12.2. The Bertz CT molecular complexity index is 1100. The molecule has 130 valence electrons. The van der Waals surface area contributed by atoms with Gasteiger partial charge in [0.15, 0.2) is 0 Å². The molecule has 0 bridgehead atoms. The molecule has 25 heavy (non-hydrogen) atoms. The van der Waals surface area contributed by atoms with Gasteiger partial charge in [-0.25, -0.2) is 18.2 Å². The van der Waals surface area contributed by atoms with Crippen molar-refractivity contribution in [2.45, 2.75) is 6.61 Å². The number of hydrogen-bond acceptors (Lipinski definition) is 7. The molecule has 0 aliphatic rings. The van der Waals surface area contributed by atoms with Crippen molar-refractivity contribution in [3.63, 3.8) is 0 Å². The smallest absolute Gasteiger partial charge is 0.340 e. The predicted octanol–water partition coefficient (Wildman–Crippen LogP) is 1.71. The molecule has 3 rings (SSSR count). The van der Waals surface area contributed by atoms with Crippen molar-refractivity contribution >= 4 is 43.2 Å². The summed E-state index contributed by atoms with van der Waals surface area (Å²) in [7, 11) is -3.54. The summed E-state index contributed by atoms with van der Waals surface area (Å²) in [5.74, 6) is -0.530. The third kappa shape index (κ3) is 4.03. The maximum Gasteiger partial charge on any atom is 0.340 e. The van der Waals surface area contributed by atoms with Crippen molar-refractivity contribution in [1.82, 2.24) is 9.97 Å². The first kappa shape index (κ1) is 17.1. The predicted molar refractivity (Wildman–Crippen MR) is 94.3 cm³/mol. The second kappa shape index (κ2) is 6.65. The molecular formula is C15H13N3O5S2. The van der Waals surface area contributed by atoms with E-state index in [1.807, 2.05) is 0 Å². The van der Waals surface area contributed by atoms with Crippen LogP contribution in [0.3, 0.4) is 0 Å². The lowest BCUT2D eigenvalue weighted by atomic mass is 10.2. The normalized spacial score (nSPS) is 11.4. The van der Waals surface area contributed by atoms with Crippen molar-refractivity contribution in [3.8, 4) is 0 Å². The zero-order chi connectivity index (χ0) is 18.0. The summed E-state index contributed by atoms with van der Waals surface area (Å²) >= 11 is 1.27. The fraction of sp³-hybridized carbons (Fsp3) is 0.133. The molecule has 10 heteroatoms. The van der Waals surface area contributed by atoms with E-state index in [9.17, 15) is 18.0 Å². The van der Waals surface area contributed by atoms with Crippen LogP contribution in [0.2, 0.25) is 0 Å². The molecule has 0 atom stereocenters. The van der Waals surface area contributed by atoms with Gasteiger partial charge in [-0.2, -0.15) is 0 Å². The van der Waals surface area contributed by atoms with Gasteiger partial charge in [0.1, 0.15) is 17.1 Å². The number of aromatic amines is 1. The number of hydrogen-bond donors (Lipinski definition) is 2. The van der Waals surface area contributed by atoms with E-state index >= 15 is 0 Å². The minimum Gasteiger partial charge on any atom is -0.454 e. The number of benzene rings is 1. The number of esters is 1. The lowest BCUT2D eigenvalue weighted by Crippen LogP contribution is -2.16. The SMILES string of the molecule is CS(=O)(=O)Nc1ccccc1C(=O)OCc1nc2ccsc2c(=O)[nH]1. The van der Waals surface area contributed by atoms with Gasteiger partial charge in [0.05, 0.1) is 23.0 Å². The second-order valence-corrected chi connectivity index (χ2v) is 7.81. The van der Waals surface area contributed by atoms with Gasteiger partial charge in [-0.1, -0.05) is 12.1 Å². The molecule has 2 N–H and O–H groups in total.